The number of carbonyl (C=O) groups is 2. The van der Waals surface area contributed by atoms with E-state index >= 15 is 0 Å². The molecule has 0 unspecified atom stereocenters. The summed E-state index contributed by atoms with van der Waals surface area (Å²) in [6.45, 7) is 6.98. The zero-order valence-electron chi connectivity index (χ0n) is 12.2. The number of piperidine rings is 1. The third kappa shape index (κ3) is 3.69. The molecule has 5 nitrogen and oxygen atoms in total. The van der Waals surface area contributed by atoms with Crippen molar-refractivity contribution in [3.63, 3.8) is 0 Å². The predicted molar refractivity (Wildman–Crippen MR) is 73.6 cm³/mol. The lowest BCUT2D eigenvalue weighted by Gasteiger charge is -2.39. The van der Waals surface area contributed by atoms with Crippen LogP contribution < -0.4 is 5.73 Å². The van der Waals surface area contributed by atoms with E-state index in [1.807, 2.05) is 20.8 Å². The Morgan fingerprint density at radius 1 is 1.32 bits per heavy atom. The third-order valence-electron chi connectivity index (χ3n) is 4.21. The molecule has 0 aromatic carbocycles. The van der Waals surface area contributed by atoms with Gasteiger partial charge >= 0.3 is 5.97 Å². The Morgan fingerprint density at radius 3 is 2.21 bits per heavy atom. The van der Waals surface area contributed by atoms with Crippen molar-refractivity contribution in [1.29, 1.82) is 0 Å². The van der Waals surface area contributed by atoms with Gasteiger partial charge in [0.05, 0.1) is 11.5 Å². The SMILES string of the molecule is CCC1(C(=O)O)CCN(C(=O)[C@@H](N)CC(C)C)CC1. The van der Waals surface area contributed by atoms with Crippen molar-refractivity contribution in [1.82, 2.24) is 4.90 Å². The van der Waals surface area contributed by atoms with Gasteiger partial charge in [0.2, 0.25) is 5.91 Å². The first kappa shape index (κ1) is 16.0. The fourth-order valence-corrected chi connectivity index (χ4v) is 2.72. The average Bonchev–Trinajstić information content (AvgIpc) is 2.37. The summed E-state index contributed by atoms with van der Waals surface area (Å²) in [6.07, 6.45) is 2.34. The van der Waals surface area contributed by atoms with Crippen LogP contribution in [0.4, 0.5) is 0 Å². The lowest BCUT2D eigenvalue weighted by molar-refractivity contribution is -0.154. The van der Waals surface area contributed by atoms with Crippen LogP contribution in [0.3, 0.4) is 0 Å². The highest BCUT2D eigenvalue weighted by Gasteiger charge is 2.41. The van der Waals surface area contributed by atoms with Crippen LogP contribution in [-0.2, 0) is 9.59 Å². The topological polar surface area (TPSA) is 83.6 Å². The average molecular weight is 270 g/mol. The highest BCUT2D eigenvalue weighted by Crippen LogP contribution is 2.35. The molecule has 1 fully saturated rings. The molecule has 0 saturated carbocycles. The maximum atomic E-state index is 12.2. The lowest BCUT2D eigenvalue weighted by atomic mass is 9.76. The molecule has 1 heterocycles. The lowest BCUT2D eigenvalue weighted by Crippen LogP contribution is -2.51. The number of amides is 1. The van der Waals surface area contributed by atoms with Gasteiger partial charge in [-0.2, -0.15) is 0 Å². The number of carbonyl (C=O) groups excluding carboxylic acids is 1. The molecule has 19 heavy (non-hydrogen) atoms. The van der Waals surface area contributed by atoms with Gasteiger partial charge in [-0.15, -0.1) is 0 Å². The summed E-state index contributed by atoms with van der Waals surface area (Å²) < 4.78 is 0. The quantitative estimate of drug-likeness (QED) is 0.792. The van der Waals surface area contributed by atoms with Gasteiger partial charge in [0.15, 0.2) is 0 Å². The Kier molecular flexibility index (Phi) is 5.35. The monoisotopic (exact) mass is 270 g/mol. The first-order valence-electron chi connectivity index (χ1n) is 7.10. The predicted octanol–water partition coefficient (Wildman–Crippen LogP) is 1.46. The number of aliphatic carboxylic acids is 1. The Morgan fingerprint density at radius 2 is 1.84 bits per heavy atom. The molecular formula is C14H26N2O3. The van der Waals surface area contributed by atoms with Gasteiger partial charge in [-0.25, -0.2) is 0 Å². The van der Waals surface area contributed by atoms with Crippen LogP contribution in [-0.4, -0.2) is 41.0 Å². The maximum absolute atomic E-state index is 12.2. The number of nitrogens with zero attached hydrogens (tertiary/aromatic N) is 1. The fraction of sp³-hybridized carbons (Fsp3) is 0.857. The van der Waals surface area contributed by atoms with E-state index < -0.39 is 17.4 Å². The van der Waals surface area contributed by atoms with Crippen molar-refractivity contribution in [2.75, 3.05) is 13.1 Å². The number of hydrogen-bond donors (Lipinski definition) is 2. The van der Waals surface area contributed by atoms with E-state index in [1.165, 1.54) is 0 Å². The van der Waals surface area contributed by atoms with Crippen molar-refractivity contribution >= 4 is 11.9 Å². The summed E-state index contributed by atoms with van der Waals surface area (Å²) in [5.74, 6) is -0.394. The molecule has 5 heteroatoms. The molecule has 110 valence electrons. The highest BCUT2D eigenvalue weighted by atomic mass is 16.4. The third-order valence-corrected chi connectivity index (χ3v) is 4.21. The minimum absolute atomic E-state index is 0.0382. The number of carboxylic acids is 1. The molecule has 1 aliphatic rings. The summed E-state index contributed by atoms with van der Waals surface area (Å²) in [5.41, 5.74) is 5.25. The van der Waals surface area contributed by atoms with Crippen LogP contribution in [0, 0.1) is 11.3 Å². The van der Waals surface area contributed by atoms with Crippen LogP contribution in [0.1, 0.15) is 46.5 Å². The summed E-state index contributed by atoms with van der Waals surface area (Å²) in [7, 11) is 0. The molecule has 0 aromatic rings. The molecule has 1 saturated heterocycles. The van der Waals surface area contributed by atoms with Gasteiger partial charge in [-0.05, 0) is 31.6 Å². The van der Waals surface area contributed by atoms with Crippen molar-refractivity contribution in [2.24, 2.45) is 17.1 Å². The first-order valence-corrected chi connectivity index (χ1v) is 7.10. The van der Waals surface area contributed by atoms with Crippen LogP contribution in [0.5, 0.6) is 0 Å². The summed E-state index contributed by atoms with van der Waals surface area (Å²) in [4.78, 5) is 25.2. The molecule has 0 radical (unpaired) electrons. The van der Waals surface area contributed by atoms with Crippen molar-refractivity contribution < 1.29 is 14.7 Å². The molecule has 1 atom stereocenters. The minimum Gasteiger partial charge on any atom is -0.481 e. The van der Waals surface area contributed by atoms with Crippen LogP contribution in [0.25, 0.3) is 0 Å². The standard InChI is InChI=1S/C14H26N2O3/c1-4-14(13(18)19)5-7-16(8-6-14)12(17)11(15)9-10(2)3/h10-11H,4-9,15H2,1-3H3,(H,18,19)/t11-/m0/s1. The molecule has 1 amide bonds. The molecule has 0 aromatic heterocycles. The van der Waals surface area contributed by atoms with Crippen LogP contribution >= 0.6 is 0 Å². The van der Waals surface area contributed by atoms with Gasteiger partial charge in [0.1, 0.15) is 0 Å². The Labute approximate surface area is 115 Å². The number of carboxylic acid groups (broad SMARTS) is 1. The highest BCUT2D eigenvalue weighted by molar-refractivity contribution is 5.82. The minimum atomic E-state index is -0.742. The van der Waals surface area contributed by atoms with Gasteiger partial charge < -0.3 is 15.7 Å². The zero-order chi connectivity index (χ0) is 14.6. The fourth-order valence-electron chi connectivity index (χ4n) is 2.72. The number of nitrogens with two attached hydrogens (primary N) is 1. The zero-order valence-corrected chi connectivity index (χ0v) is 12.2. The second-order valence-corrected chi connectivity index (χ2v) is 6.00. The summed E-state index contributed by atoms with van der Waals surface area (Å²) >= 11 is 0. The van der Waals surface area contributed by atoms with Gasteiger partial charge in [0, 0.05) is 13.1 Å². The molecule has 0 spiro atoms. The number of rotatable bonds is 5. The number of hydrogen-bond acceptors (Lipinski definition) is 3. The van der Waals surface area contributed by atoms with Crippen LogP contribution in [0.15, 0.2) is 0 Å². The Bertz CT molecular complexity index is 334. The van der Waals surface area contributed by atoms with Crippen molar-refractivity contribution in [2.45, 2.75) is 52.5 Å². The van der Waals surface area contributed by atoms with E-state index in [9.17, 15) is 14.7 Å². The van der Waals surface area contributed by atoms with E-state index in [0.29, 0.717) is 44.7 Å². The van der Waals surface area contributed by atoms with E-state index in [2.05, 4.69) is 0 Å². The molecule has 1 aliphatic heterocycles. The molecular weight excluding hydrogens is 244 g/mol. The maximum Gasteiger partial charge on any atom is 0.309 e. The van der Waals surface area contributed by atoms with Crippen molar-refractivity contribution in [3.8, 4) is 0 Å². The summed E-state index contributed by atoms with van der Waals surface area (Å²) in [6, 6.07) is -0.459. The van der Waals surface area contributed by atoms with Crippen molar-refractivity contribution in [3.05, 3.63) is 0 Å². The molecule has 3 N–H and O–H groups in total. The molecule has 0 aliphatic carbocycles. The van der Waals surface area contributed by atoms with E-state index in [0.717, 1.165) is 0 Å². The Hall–Kier alpha value is -1.10. The second kappa shape index (κ2) is 6.37. The largest absolute Gasteiger partial charge is 0.481 e. The first-order chi connectivity index (χ1) is 8.82. The normalized spacial score (nSPS) is 20.4. The second-order valence-electron chi connectivity index (χ2n) is 6.00. The van der Waals surface area contributed by atoms with E-state index in [4.69, 9.17) is 5.73 Å². The van der Waals surface area contributed by atoms with E-state index in [-0.39, 0.29) is 5.91 Å². The smallest absolute Gasteiger partial charge is 0.309 e. The van der Waals surface area contributed by atoms with E-state index in [1.54, 1.807) is 4.90 Å². The number of likely N-dealkylation sites (tertiary alicyclic amines) is 1. The van der Waals surface area contributed by atoms with Crippen LogP contribution in [0.2, 0.25) is 0 Å². The van der Waals surface area contributed by atoms with Gasteiger partial charge in [-0.3, -0.25) is 9.59 Å². The van der Waals surface area contributed by atoms with Gasteiger partial charge in [-0.1, -0.05) is 20.8 Å². The van der Waals surface area contributed by atoms with Gasteiger partial charge in [0.25, 0.3) is 0 Å². The molecule has 0 bridgehead atoms. The Balaban J connectivity index is 2.58. The molecule has 1 rings (SSSR count). The summed E-state index contributed by atoms with van der Waals surface area (Å²) in [5, 5.41) is 9.31.